The molecule has 0 bridgehead atoms. The number of nitrogen functional groups attached to an aromatic ring is 3. The van der Waals surface area contributed by atoms with E-state index in [-0.39, 0.29) is 136 Å². The maximum absolute atomic E-state index is 13.5. The van der Waals surface area contributed by atoms with Crippen LogP contribution in [0.25, 0.3) is 59.5 Å². The highest BCUT2D eigenvalue weighted by molar-refractivity contribution is 7.59. The summed E-state index contributed by atoms with van der Waals surface area (Å²) in [6.07, 6.45) is 9.92. The van der Waals surface area contributed by atoms with Crippen molar-refractivity contribution < 1.29 is 22.8 Å². The number of aryl methyl sites for hydroxylation is 4. The minimum atomic E-state index is -4.50. The number of aromatic nitrogens is 15. The molecule has 4 aliphatic carbocycles. The number of amides is 1. The smallest absolute Gasteiger partial charge is 0.368 e. The van der Waals surface area contributed by atoms with Crippen molar-refractivity contribution >= 4 is 184 Å². The van der Waals surface area contributed by atoms with Gasteiger partial charge in [0.05, 0.1) is 100 Å². The van der Waals surface area contributed by atoms with Crippen LogP contribution in [0.2, 0.25) is 25.1 Å². The van der Waals surface area contributed by atoms with E-state index in [2.05, 4.69) is 87.8 Å². The number of pyridine rings is 5. The fourth-order valence-corrected chi connectivity index (χ4v) is 18.4. The topological polar surface area (TPSA) is 423 Å². The highest BCUT2D eigenvalue weighted by Crippen LogP contribution is 2.44. The van der Waals surface area contributed by atoms with E-state index in [0.29, 0.717) is 92.4 Å². The van der Waals surface area contributed by atoms with Crippen molar-refractivity contribution in [3.8, 4) is 5.69 Å². The lowest BCUT2D eigenvalue weighted by molar-refractivity contribution is -0.138. The molecule has 734 valence electrons. The molecule has 4 aliphatic rings. The molecular weight excluding hydrogens is 1940 g/mol. The number of hydrogen-bond donors (Lipinski definition) is 9. The molecule has 4 fully saturated rings. The maximum atomic E-state index is 13.5. The van der Waals surface area contributed by atoms with Gasteiger partial charge in [-0.15, -0.1) is 0 Å². The highest BCUT2D eigenvalue weighted by atomic mass is 35.5. The van der Waals surface area contributed by atoms with E-state index in [1.165, 1.54) is 33.3 Å². The molecule has 6 aromatic carbocycles. The Balaban J connectivity index is 0.000000134. The van der Waals surface area contributed by atoms with Gasteiger partial charge in [0.1, 0.15) is 39.7 Å². The number of benzene rings is 6. The van der Waals surface area contributed by atoms with Gasteiger partial charge in [0.25, 0.3) is 33.7 Å². The molecule has 20 rings (SSSR count). The van der Waals surface area contributed by atoms with Gasteiger partial charge in [-0.3, -0.25) is 38.1 Å². The van der Waals surface area contributed by atoms with Crippen molar-refractivity contribution in [2.45, 2.75) is 181 Å². The first-order valence-corrected chi connectivity index (χ1v) is 47.6. The molecule has 0 unspecified atom stereocenters. The molecule has 0 radical (unpaired) electrons. The number of halogens is 8. The number of nitrogens with two attached hydrogens (primary N) is 3. The molecule has 16 aromatic rings. The lowest BCUT2D eigenvalue weighted by Gasteiger charge is -2.22. The fraction of sp³-hybridized carbons (Fsp3) is 0.284. The highest BCUT2D eigenvalue weighted by Gasteiger charge is 2.37. The van der Waals surface area contributed by atoms with Crippen LogP contribution in [0.4, 0.5) is 60.2 Å². The summed E-state index contributed by atoms with van der Waals surface area (Å²) >= 11 is 31.4. The summed E-state index contributed by atoms with van der Waals surface area (Å²) in [5.41, 5.74) is 23.0. The zero-order chi connectivity index (χ0) is 101. The summed E-state index contributed by atoms with van der Waals surface area (Å²) in [5.74, 6) is 2.43. The number of carbonyl (C=O) groups is 2. The van der Waals surface area contributed by atoms with E-state index >= 15 is 0 Å². The Morgan fingerprint density at radius 1 is 0.387 bits per heavy atom. The van der Waals surface area contributed by atoms with Crippen LogP contribution in [-0.4, -0.2) is 91.4 Å². The van der Waals surface area contributed by atoms with Crippen molar-refractivity contribution in [3.05, 3.63) is 327 Å². The van der Waals surface area contributed by atoms with E-state index < -0.39 is 17.8 Å². The molecule has 0 saturated heterocycles. The van der Waals surface area contributed by atoms with Crippen LogP contribution in [0, 0.1) is 27.7 Å². The van der Waals surface area contributed by atoms with Crippen LogP contribution >= 0.6 is 71.5 Å². The normalized spacial score (nSPS) is 14.3. The number of carbonyl (C=O) groups excluding carboxylic acids is 2. The number of para-hydroxylation sites is 1. The van der Waals surface area contributed by atoms with Gasteiger partial charge in [-0.1, -0.05) is 143 Å². The van der Waals surface area contributed by atoms with Crippen LogP contribution in [-0.2, 0) is 6.18 Å². The minimum Gasteiger partial charge on any atom is -0.368 e. The Bertz CT molecular complexity index is 7940. The standard InChI is InChI=1S/C23H21ClN4O.C20H18ClF3N4O.C20H21ClN6O2.C20H20ClN5O2.C19H20ClN5O.H2S/c1-14-8-7-9-17-12-20(15(2)26-22-19(24)13-25-16(3)27-22)28(23(29)21(14)17)18-10-5-4-6-11-18;1-10-14(20(22,23)24)9-25-19(26-10)27-11(2)16-8-12-4-3-5-15(21)17(12)18(29)28(16)13-6-7-13;1-10(25-17-13(18(28)23-2)9-24-20(22)26-17)15-8-11-4-3-5-14(21)16(11)19(29)27(15)12-6-7-12;1-10(24-18-14(11(2)27)9-23-20(22)25-18)16-8-12-4-3-5-15(21)17(12)19(28)26(16)13-6-7-13;1-10-9-22-19(21)24-17(10)23-11(2)15-8-12-4-3-5-14(20)16(12)18(26)25(15)13-6-7-13;/h4-13,15H,1-3H3,(H,25,26,27);3-5,8-9,11,13H,6-7H2,1-2H3,(H,25,26,27);3-5,8-10,12H,6-7H2,1-2H3,(H,23,28)(H3,22,24,25,26);3-5,8-10,13H,6-7H2,1-2H3,(H3,22,23,24,25);3-5,8-9,11,13H,6-7H2,1-2H3,(H3,21,22,23,24);1H2/t15-;11-;2*10-;11-;/m00000./s1. The first kappa shape index (κ1) is 102. The maximum Gasteiger partial charge on any atom is 0.419 e. The van der Waals surface area contributed by atoms with E-state index in [1.54, 1.807) is 56.4 Å². The van der Waals surface area contributed by atoms with E-state index in [0.717, 1.165) is 124 Å². The Morgan fingerprint density at radius 3 is 1.15 bits per heavy atom. The number of fused-ring (bicyclic) bond motifs is 5. The number of nitrogens with zero attached hydrogens (tertiary/aromatic N) is 15. The summed E-state index contributed by atoms with van der Waals surface area (Å²) in [6.45, 7) is 18.1. The third-order valence-corrected chi connectivity index (χ3v) is 26.3. The third-order valence-electron chi connectivity index (χ3n) is 24.8. The van der Waals surface area contributed by atoms with Crippen LogP contribution < -0.4 is 76.9 Å². The van der Waals surface area contributed by atoms with E-state index in [9.17, 15) is 46.7 Å². The second-order valence-corrected chi connectivity index (χ2v) is 37.3. The van der Waals surface area contributed by atoms with Crippen LogP contribution in [0.15, 0.2) is 207 Å². The number of Topliss-reactive ketones (excluding diaryl/α,β-unsaturated/α-hetero) is 1. The van der Waals surface area contributed by atoms with Gasteiger partial charge in [0.2, 0.25) is 23.8 Å². The molecule has 31 nitrogen and oxygen atoms in total. The average molecular weight is 2040 g/mol. The Morgan fingerprint density at radius 2 is 0.746 bits per heavy atom. The molecule has 4 saturated carbocycles. The Kier molecular flexibility index (Phi) is 30.8. The summed E-state index contributed by atoms with van der Waals surface area (Å²) in [5, 5.41) is 27.9. The van der Waals surface area contributed by atoms with Crippen molar-refractivity contribution in [3.63, 3.8) is 0 Å². The summed E-state index contributed by atoms with van der Waals surface area (Å²) in [7, 11) is 1.53. The lowest BCUT2D eigenvalue weighted by atomic mass is 10.0. The SMILES string of the molecule is CC(=O)c1cnc(N)nc1N[C@@H](C)c1cc2cccc(Cl)c2c(=O)n1C1CC1.CNC(=O)c1cnc(N)nc1N[C@@H](C)c1cc2cccc(Cl)c2c(=O)n1C1CC1.Cc1cnc(N)nc1N[C@@H](C)c1cc2cccc(Cl)c2c(=O)n1C1CC1.Cc1nc(N[C@@H](C)c2cc3cccc(Cl)c3c(=O)n2C2CC2)ncc1C(F)(F)F.Cc1ncc(Cl)c(N[C@@H](C)c2cc3cccc(C)c3c(=O)n2-c2ccccc2)n1.S. The number of hydrogen-bond acceptors (Lipinski definition) is 25. The summed E-state index contributed by atoms with van der Waals surface area (Å²) < 4.78 is 47.8. The number of rotatable bonds is 22. The molecule has 40 heteroatoms. The molecule has 0 spiro atoms. The van der Waals surface area contributed by atoms with Gasteiger partial charge in [-0.05, 0) is 220 Å². The van der Waals surface area contributed by atoms with Gasteiger partial charge in [-0.2, -0.15) is 41.6 Å². The second-order valence-electron chi connectivity index (χ2n) is 35.3. The van der Waals surface area contributed by atoms with E-state index in [4.69, 9.17) is 75.2 Å². The predicted molar refractivity (Wildman–Crippen MR) is 562 cm³/mol. The number of alkyl halides is 3. The zero-order valence-corrected chi connectivity index (χ0v) is 83.8. The van der Waals surface area contributed by atoms with Crippen LogP contribution in [0.5, 0.6) is 0 Å². The Hall–Kier alpha value is -14.1. The van der Waals surface area contributed by atoms with Crippen LogP contribution in [0.1, 0.15) is 225 Å². The molecule has 0 aliphatic heterocycles. The zero-order valence-electron chi connectivity index (χ0n) is 79.0. The number of nitrogens with one attached hydrogen (secondary N) is 6. The van der Waals surface area contributed by atoms with E-state index in [1.807, 2.05) is 180 Å². The van der Waals surface area contributed by atoms with Gasteiger partial charge < -0.3 is 67.4 Å². The molecule has 12 N–H and O–H groups in total. The Labute approximate surface area is 844 Å². The molecule has 142 heavy (non-hydrogen) atoms. The van der Waals surface area contributed by atoms with Crippen molar-refractivity contribution in [1.29, 1.82) is 0 Å². The molecule has 5 atom stereocenters. The first-order chi connectivity index (χ1) is 67.3. The van der Waals surface area contributed by atoms with Gasteiger partial charge in [-0.25, -0.2) is 34.9 Å². The largest absolute Gasteiger partial charge is 0.419 e. The van der Waals surface area contributed by atoms with Gasteiger partial charge in [0.15, 0.2) is 5.78 Å². The van der Waals surface area contributed by atoms with Gasteiger partial charge in [0, 0.05) is 95.7 Å². The van der Waals surface area contributed by atoms with Crippen LogP contribution in [0.3, 0.4) is 0 Å². The fourth-order valence-electron chi connectivity index (χ4n) is 17.2. The molecule has 10 heterocycles. The summed E-state index contributed by atoms with van der Waals surface area (Å²) in [4.78, 5) is 131. The van der Waals surface area contributed by atoms with Crippen molar-refractivity contribution in [2.24, 2.45) is 0 Å². The minimum absolute atomic E-state index is 0. The third kappa shape index (κ3) is 22.3. The monoisotopic (exact) mass is 2040 g/mol. The van der Waals surface area contributed by atoms with Crippen molar-refractivity contribution in [1.82, 2.24) is 78.0 Å². The second kappa shape index (κ2) is 42.8. The number of anilines is 8. The molecule has 1 amide bonds. The van der Waals surface area contributed by atoms with Crippen molar-refractivity contribution in [2.75, 3.05) is 50.8 Å². The van der Waals surface area contributed by atoms with Gasteiger partial charge >= 0.3 is 6.18 Å². The average Bonchev–Trinajstić information content (AvgIpc) is 1.52. The first-order valence-electron chi connectivity index (χ1n) is 45.7. The quantitative estimate of drug-likeness (QED) is 0.0285. The predicted octanol–water partition coefficient (Wildman–Crippen LogP) is 21.1. The number of ketones is 1. The summed E-state index contributed by atoms with van der Waals surface area (Å²) in [6, 6.07) is 46.4. The lowest BCUT2D eigenvalue weighted by Crippen LogP contribution is -2.27. The molecule has 10 aromatic heterocycles. The molecular formula is C102H102Cl5F3N24O7S.